The highest BCUT2D eigenvalue weighted by Gasteiger charge is 2.15. The van der Waals surface area contributed by atoms with Gasteiger partial charge in [0.05, 0.1) is 46.5 Å². The second-order valence-electron chi connectivity index (χ2n) is 9.08. The number of carbonyl (C=O) groups is 3. The van der Waals surface area contributed by atoms with E-state index in [9.17, 15) is 14.4 Å². The number of hydrogen-bond acceptors (Lipinski definition) is 7. The molecule has 1 aromatic carbocycles. The third-order valence-corrected chi connectivity index (χ3v) is 5.12. The number of amides is 2. The molecule has 0 bridgehead atoms. The third kappa shape index (κ3) is 10.5. The molecule has 2 rings (SSSR count). The lowest BCUT2D eigenvalue weighted by atomic mass is 10.0. The summed E-state index contributed by atoms with van der Waals surface area (Å²) in [6, 6.07) is 9.84. The molecule has 0 aliphatic rings. The fourth-order valence-electron chi connectivity index (χ4n) is 3.03. The molecule has 11 heteroatoms. The van der Waals surface area contributed by atoms with Crippen molar-refractivity contribution in [3.8, 4) is 0 Å². The first-order valence-electron chi connectivity index (χ1n) is 11.6. The first-order chi connectivity index (χ1) is 17.1. The minimum atomic E-state index is -1.04. The van der Waals surface area contributed by atoms with Crippen LogP contribution in [0.1, 0.15) is 21.5 Å². The van der Waals surface area contributed by atoms with Crippen LogP contribution in [0.2, 0.25) is 0 Å². The van der Waals surface area contributed by atoms with Gasteiger partial charge in [0.25, 0.3) is 5.91 Å². The van der Waals surface area contributed by atoms with Gasteiger partial charge in [-0.2, -0.15) is 0 Å². The lowest BCUT2D eigenvalue weighted by Crippen LogP contribution is -2.35. The maximum Gasteiger partial charge on any atom is 0.320 e. The normalized spacial score (nSPS) is 12.1. The summed E-state index contributed by atoms with van der Waals surface area (Å²) in [6.07, 6.45) is 1.80. The van der Waals surface area contributed by atoms with E-state index in [1.807, 2.05) is 39.3 Å². The summed E-state index contributed by atoms with van der Waals surface area (Å²) in [4.78, 5) is 39.2. The largest absolute Gasteiger partial charge is 0.480 e. The van der Waals surface area contributed by atoms with Crippen LogP contribution in [0.3, 0.4) is 0 Å². The predicted octanol–water partition coefficient (Wildman–Crippen LogP) is 0.312. The van der Waals surface area contributed by atoms with Gasteiger partial charge < -0.3 is 30.9 Å². The molecule has 0 fully saturated rings. The zero-order valence-electron chi connectivity index (χ0n) is 21.0. The number of carbonyl (C=O) groups excluding carboxylic acids is 2. The van der Waals surface area contributed by atoms with Crippen LogP contribution in [0.4, 0.5) is 5.82 Å². The zero-order valence-corrected chi connectivity index (χ0v) is 21.0. The molecule has 2 amide bonds. The summed E-state index contributed by atoms with van der Waals surface area (Å²) in [5, 5.41) is 14.4. The van der Waals surface area contributed by atoms with E-state index in [0.717, 1.165) is 16.9 Å². The summed E-state index contributed by atoms with van der Waals surface area (Å²) in [7, 11) is 6.00. The van der Waals surface area contributed by atoms with Gasteiger partial charge in [0, 0.05) is 25.4 Å². The molecule has 5 N–H and O–H groups in total. The molecule has 1 aromatic heterocycles. The number of aromatic nitrogens is 1. The van der Waals surface area contributed by atoms with Crippen LogP contribution < -0.4 is 20.9 Å². The van der Waals surface area contributed by atoms with E-state index in [1.165, 1.54) is 0 Å². The Kier molecular flexibility index (Phi) is 11.4. The van der Waals surface area contributed by atoms with Gasteiger partial charge in [-0.1, -0.05) is 24.3 Å². The van der Waals surface area contributed by atoms with Crippen LogP contribution in [0.15, 0.2) is 42.6 Å². The maximum absolute atomic E-state index is 12.2. The molecule has 0 aliphatic heterocycles. The topological polar surface area (TPSA) is 153 Å². The number of pyridine rings is 1. The Morgan fingerprint density at radius 1 is 0.972 bits per heavy atom. The number of nitrogens with two attached hydrogens (primary N) is 1. The maximum atomic E-state index is 12.2. The first-order valence-corrected chi connectivity index (χ1v) is 11.6. The second kappa shape index (κ2) is 14.2. The van der Waals surface area contributed by atoms with Crippen molar-refractivity contribution >= 4 is 23.6 Å². The zero-order chi connectivity index (χ0) is 26.6. The van der Waals surface area contributed by atoms with Crippen molar-refractivity contribution in [2.45, 2.75) is 19.0 Å². The highest BCUT2D eigenvalue weighted by Crippen LogP contribution is 2.13. The van der Waals surface area contributed by atoms with Gasteiger partial charge in [-0.25, -0.2) is 4.98 Å². The SMILES string of the molecule is C[N+](C)(C)c1ccc(C(=O)NCCOCCOCC(=O)NCc2ccc(C[C@H](N)C(=O)O)cc2)cn1. The summed E-state index contributed by atoms with van der Waals surface area (Å²) < 4.78 is 11.3. The van der Waals surface area contributed by atoms with Crippen LogP contribution in [-0.4, -0.2) is 88.0 Å². The van der Waals surface area contributed by atoms with Crippen molar-refractivity contribution in [3.05, 3.63) is 59.3 Å². The van der Waals surface area contributed by atoms with Crippen LogP contribution in [-0.2, 0) is 32.0 Å². The van der Waals surface area contributed by atoms with E-state index < -0.39 is 12.0 Å². The molecule has 36 heavy (non-hydrogen) atoms. The Morgan fingerprint density at radius 3 is 2.25 bits per heavy atom. The molecule has 1 heterocycles. The van der Waals surface area contributed by atoms with Crippen LogP contribution in [0.25, 0.3) is 0 Å². The van der Waals surface area contributed by atoms with Gasteiger partial charge in [0.1, 0.15) is 12.6 Å². The monoisotopic (exact) mass is 502 g/mol. The Hall–Kier alpha value is -3.38. The molecular formula is C25H36N5O6+. The van der Waals surface area contributed by atoms with Gasteiger partial charge in [0.15, 0.2) is 0 Å². The molecule has 0 saturated carbocycles. The van der Waals surface area contributed by atoms with E-state index in [0.29, 0.717) is 36.3 Å². The Morgan fingerprint density at radius 2 is 1.64 bits per heavy atom. The molecule has 0 saturated heterocycles. The number of aliphatic carboxylic acids is 1. The minimum absolute atomic E-state index is 0.0953. The minimum Gasteiger partial charge on any atom is -0.480 e. The van der Waals surface area contributed by atoms with E-state index in [4.69, 9.17) is 20.3 Å². The van der Waals surface area contributed by atoms with Gasteiger partial charge in [-0.3, -0.25) is 18.9 Å². The number of carboxylic acids is 1. The fraction of sp³-hybridized carbons (Fsp3) is 0.440. The summed E-state index contributed by atoms with van der Waals surface area (Å²) in [5.74, 6) is -0.661. The lowest BCUT2D eigenvalue weighted by molar-refractivity contribution is -0.138. The number of hydrogen-bond donors (Lipinski definition) is 4. The number of carboxylic acid groups (broad SMARTS) is 1. The Balaban J connectivity index is 1.52. The number of rotatable bonds is 15. The van der Waals surface area contributed by atoms with Crippen molar-refractivity contribution < 1.29 is 29.0 Å². The molecule has 196 valence electrons. The highest BCUT2D eigenvalue weighted by atomic mass is 16.5. The van der Waals surface area contributed by atoms with Crippen molar-refractivity contribution in [1.29, 1.82) is 0 Å². The number of nitrogens with zero attached hydrogens (tertiary/aromatic N) is 2. The van der Waals surface area contributed by atoms with Crippen LogP contribution in [0.5, 0.6) is 0 Å². The highest BCUT2D eigenvalue weighted by molar-refractivity contribution is 5.94. The van der Waals surface area contributed by atoms with Gasteiger partial charge in [0.2, 0.25) is 11.7 Å². The average Bonchev–Trinajstić information content (AvgIpc) is 2.84. The molecule has 0 spiro atoms. The van der Waals surface area contributed by atoms with Crippen molar-refractivity contribution in [2.75, 3.05) is 54.1 Å². The first kappa shape index (κ1) is 28.9. The Labute approximate surface area is 211 Å². The van der Waals surface area contributed by atoms with Crippen molar-refractivity contribution in [1.82, 2.24) is 20.1 Å². The smallest absolute Gasteiger partial charge is 0.320 e. The van der Waals surface area contributed by atoms with Gasteiger partial charge in [-0.15, -0.1) is 0 Å². The van der Waals surface area contributed by atoms with Gasteiger partial charge >= 0.3 is 5.97 Å². The number of benzene rings is 1. The number of ether oxygens (including phenoxy) is 2. The standard InChI is InChI=1S/C25H35N5O6/c1-30(2,3)22-9-8-20(16-28-22)24(32)27-10-11-35-12-13-36-17-23(31)29-15-19-6-4-18(5-7-19)14-21(26)25(33)34/h4-9,16,21H,10-15,17,26H2,1-3H3,(H2-,27,29,31,32,33,34)/p+1/t21-/m0/s1. The number of nitrogens with one attached hydrogen (secondary N) is 2. The molecule has 0 radical (unpaired) electrons. The summed E-state index contributed by atoms with van der Waals surface area (Å²) in [6.45, 7) is 1.44. The van der Waals surface area contributed by atoms with Crippen LogP contribution in [0, 0.1) is 0 Å². The predicted molar refractivity (Wildman–Crippen MR) is 135 cm³/mol. The molecule has 2 aromatic rings. The van der Waals surface area contributed by atoms with E-state index in [-0.39, 0.29) is 31.4 Å². The molecule has 1 atom stereocenters. The fourth-order valence-corrected chi connectivity index (χ4v) is 3.03. The molecule has 0 unspecified atom stereocenters. The summed E-state index contributed by atoms with van der Waals surface area (Å²) in [5.41, 5.74) is 7.70. The summed E-state index contributed by atoms with van der Waals surface area (Å²) >= 11 is 0. The second-order valence-corrected chi connectivity index (χ2v) is 9.08. The molecule has 0 aliphatic carbocycles. The van der Waals surface area contributed by atoms with Gasteiger partial charge in [-0.05, 0) is 23.6 Å². The quantitative estimate of drug-likeness (QED) is 0.201. The van der Waals surface area contributed by atoms with E-state index in [1.54, 1.807) is 24.4 Å². The van der Waals surface area contributed by atoms with Crippen molar-refractivity contribution in [3.63, 3.8) is 0 Å². The third-order valence-electron chi connectivity index (χ3n) is 5.12. The average molecular weight is 503 g/mol. The lowest BCUT2D eigenvalue weighted by Gasteiger charge is -2.21. The number of quaternary nitrogens is 1. The molecule has 11 nitrogen and oxygen atoms in total. The van der Waals surface area contributed by atoms with E-state index >= 15 is 0 Å². The van der Waals surface area contributed by atoms with Crippen LogP contribution >= 0.6 is 0 Å². The van der Waals surface area contributed by atoms with E-state index in [2.05, 4.69) is 15.6 Å². The van der Waals surface area contributed by atoms with Crippen molar-refractivity contribution in [2.24, 2.45) is 5.73 Å². The Bertz CT molecular complexity index is 989. The molecular weight excluding hydrogens is 466 g/mol.